The highest BCUT2D eigenvalue weighted by atomic mass is 16.7. The molecule has 4 heteroatoms. The number of unbranched alkanes of at least 4 members (excludes halogenated alkanes) is 2. The third-order valence-corrected chi connectivity index (χ3v) is 1.73. The minimum atomic E-state index is -0.909. The van der Waals surface area contributed by atoms with Crippen LogP contribution in [0.2, 0.25) is 0 Å². The van der Waals surface area contributed by atoms with Crippen molar-refractivity contribution in [1.82, 2.24) is 0 Å². The molecular formula is C9H18O4. The van der Waals surface area contributed by atoms with Crippen molar-refractivity contribution in [2.24, 2.45) is 0 Å². The maximum absolute atomic E-state index is 10.6. The molecule has 0 saturated carbocycles. The van der Waals surface area contributed by atoms with E-state index in [0.717, 1.165) is 19.3 Å². The lowest BCUT2D eigenvalue weighted by Crippen LogP contribution is -2.24. The normalized spacial score (nSPS) is 12.8. The largest absolute Gasteiger partial charge is 0.479 e. The summed E-state index contributed by atoms with van der Waals surface area (Å²) in [4.78, 5) is 10.6. The molecule has 1 N–H and O–H groups in total. The van der Waals surface area contributed by atoms with Crippen LogP contribution in [0.15, 0.2) is 0 Å². The van der Waals surface area contributed by atoms with Crippen molar-refractivity contribution in [2.75, 3.05) is 13.9 Å². The Morgan fingerprint density at radius 3 is 2.62 bits per heavy atom. The first-order valence-electron chi connectivity index (χ1n) is 4.55. The molecule has 13 heavy (non-hydrogen) atoms. The van der Waals surface area contributed by atoms with E-state index < -0.39 is 12.1 Å². The molecule has 0 radical (unpaired) electrons. The van der Waals surface area contributed by atoms with Gasteiger partial charge in [-0.3, -0.25) is 0 Å². The van der Waals surface area contributed by atoms with Gasteiger partial charge in [0.1, 0.15) is 6.79 Å². The van der Waals surface area contributed by atoms with Crippen molar-refractivity contribution in [3.63, 3.8) is 0 Å². The summed E-state index contributed by atoms with van der Waals surface area (Å²) in [5.41, 5.74) is 0. The molecule has 0 aliphatic rings. The molecule has 0 aliphatic heterocycles. The minimum Gasteiger partial charge on any atom is -0.479 e. The van der Waals surface area contributed by atoms with E-state index in [2.05, 4.69) is 11.7 Å². The van der Waals surface area contributed by atoms with Crippen LogP contribution in [-0.4, -0.2) is 31.1 Å². The maximum atomic E-state index is 10.6. The molecule has 1 atom stereocenters. The van der Waals surface area contributed by atoms with E-state index in [0.29, 0.717) is 6.42 Å². The summed E-state index contributed by atoms with van der Waals surface area (Å²) in [6.45, 7) is 2.12. The van der Waals surface area contributed by atoms with Crippen molar-refractivity contribution >= 4 is 5.97 Å². The van der Waals surface area contributed by atoms with Crippen LogP contribution in [0, 0.1) is 0 Å². The van der Waals surface area contributed by atoms with Gasteiger partial charge in [0.05, 0.1) is 0 Å². The Labute approximate surface area is 78.8 Å². The van der Waals surface area contributed by atoms with E-state index >= 15 is 0 Å². The predicted octanol–water partition coefficient (Wildman–Crippen LogP) is 1.64. The smallest absolute Gasteiger partial charge is 0.332 e. The second kappa shape index (κ2) is 8.01. The van der Waals surface area contributed by atoms with Crippen LogP contribution in [-0.2, 0) is 14.3 Å². The Balaban J connectivity index is 3.61. The molecule has 0 aromatic heterocycles. The molecule has 78 valence electrons. The SMILES string of the molecule is CCCCC[C@H](OCOC)C(=O)O. The van der Waals surface area contributed by atoms with Crippen molar-refractivity contribution in [3.8, 4) is 0 Å². The minimum absolute atomic E-state index is 0.0447. The monoisotopic (exact) mass is 190 g/mol. The first-order chi connectivity index (χ1) is 6.22. The molecule has 0 saturated heterocycles. The number of carboxylic acids is 1. The van der Waals surface area contributed by atoms with Gasteiger partial charge in [-0.1, -0.05) is 26.2 Å². The van der Waals surface area contributed by atoms with Crippen LogP contribution >= 0.6 is 0 Å². The number of ether oxygens (including phenoxy) is 2. The molecule has 0 aliphatic carbocycles. The molecule has 4 nitrogen and oxygen atoms in total. The Kier molecular flexibility index (Phi) is 7.63. The Morgan fingerprint density at radius 1 is 1.46 bits per heavy atom. The lowest BCUT2D eigenvalue weighted by Gasteiger charge is -2.12. The zero-order chi connectivity index (χ0) is 10.1. The summed E-state index contributed by atoms with van der Waals surface area (Å²) in [5, 5.41) is 8.72. The van der Waals surface area contributed by atoms with Gasteiger partial charge in [-0.2, -0.15) is 0 Å². The lowest BCUT2D eigenvalue weighted by atomic mass is 10.1. The van der Waals surface area contributed by atoms with Crippen molar-refractivity contribution in [1.29, 1.82) is 0 Å². The Bertz CT molecular complexity index is 136. The number of carbonyl (C=O) groups is 1. The fraction of sp³-hybridized carbons (Fsp3) is 0.889. The fourth-order valence-corrected chi connectivity index (χ4v) is 1.01. The highest BCUT2D eigenvalue weighted by Gasteiger charge is 2.16. The third-order valence-electron chi connectivity index (χ3n) is 1.73. The van der Waals surface area contributed by atoms with E-state index in [1.807, 2.05) is 0 Å². The van der Waals surface area contributed by atoms with Gasteiger partial charge >= 0.3 is 5.97 Å². The summed E-state index contributed by atoms with van der Waals surface area (Å²) < 4.78 is 9.62. The molecule has 0 amide bonds. The number of aliphatic carboxylic acids is 1. The number of carboxylic acid groups (broad SMARTS) is 1. The summed E-state index contributed by atoms with van der Waals surface area (Å²) in [7, 11) is 1.48. The van der Waals surface area contributed by atoms with Crippen LogP contribution in [0.4, 0.5) is 0 Å². The quantitative estimate of drug-likeness (QED) is 0.467. The number of hydrogen-bond acceptors (Lipinski definition) is 3. The third kappa shape index (κ3) is 6.54. The van der Waals surface area contributed by atoms with Crippen LogP contribution < -0.4 is 0 Å². The van der Waals surface area contributed by atoms with Crippen LogP contribution in [0.3, 0.4) is 0 Å². The number of methoxy groups -OCH3 is 1. The van der Waals surface area contributed by atoms with E-state index in [-0.39, 0.29) is 6.79 Å². The van der Waals surface area contributed by atoms with E-state index in [9.17, 15) is 4.79 Å². The second-order valence-corrected chi connectivity index (χ2v) is 2.90. The molecule has 0 fully saturated rings. The predicted molar refractivity (Wildman–Crippen MR) is 48.5 cm³/mol. The second-order valence-electron chi connectivity index (χ2n) is 2.90. The van der Waals surface area contributed by atoms with Crippen LogP contribution in [0.5, 0.6) is 0 Å². The molecule has 0 spiro atoms. The molecule has 0 aromatic carbocycles. The van der Waals surface area contributed by atoms with Gasteiger partial charge < -0.3 is 14.6 Å². The maximum Gasteiger partial charge on any atom is 0.332 e. The van der Waals surface area contributed by atoms with E-state index in [1.54, 1.807) is 0 Å². The van der Waals surface area contributed by atoms with Gasteiger partial charge in [-0.15, -0.1) is 0 Å². The van der Waals surface area contributed by atoms with Gasteiger partial charge in [-0.05, 0) is 6.42 Å². The molecule has 0 bridgehead atoms. The van der Waals surface area contributed by atoms with Gasteiger partial charge in [0.25, 0.3) is 0 Å². The molecule has 0 unspecified atom stereocenters. The zero-order valence-electron chi connectivity index (χ0n) is 8.28. The number of rotatable bonds is 8. The molecule has 0 aromatic rings. The standard InChI is InChI=1S/C9H18O4/c1-3-4-5-6-8(9(10)11)13-7-12-2/h8H,3-7H2,1-2H3,(H,10,11)/t8-/m0/s1. The first-order valence-corrected chi connectivity index (χ1v) is 4.55. The summed E-state index contributed by atoms with van der Waals surface area (Å²) in [5.74, 6) is -0.909. The van der Waals surface area contributed by atoms with E-state index in [1.165, 1.54) is 7.11 Å². The van der Waals surface area contributed by atoms with Gasteiger partial charge in [0, 0.05) is 7.11 Å². The van der Waals surface area contributed by atoms with Crippen LogP contribution in [0.25, 0.3) is 0 Å². The molecule has 0 heterocycles. The van der Waals surface area contributed by atoms with E-state index in [4.69, 9.17) is 9.84 Å². The van der Waals surface area contributed by atoms with Crippen molar-refractivity contribution in [3.05, 3.63) is 0 Å². The Morgan fingerprint density at radius 2 is 2.15 bits per heavy atom. The summed E-state index contributed by atoms with van der Waals surface area (Å²) in [6, 6.07) is 0. The molecule has 0 rings (SSSR count). The average Bonchev–Trinajstić information content (AvgIpc) is 2.10. The van der Waals surface area contributed by atoms with Crippen LogP contribution in [0.1, 0.15) is 32.6 Å². The van der Waals surface area contributed by atoms with Crippen molar-refractivity contribution < 1.29 is 19.4 Å². The fourth-order valence-electron chi connectivity index (χ4n) is 1.01. The highest BCUT2D eigenvalue weighted by Crippen LogP contribution is 2.06. The van der Waals surface area contributed by atoms with Gasteiger partial charge in [0.15, 0.2) is 6.10 Å². The summed E-state index contributed by atoms with van der Waals surface area (Å²) >= 11 is 0. The molecular weight excluding hydrogens is 172 g/mol. The Hall–Kier alpha value is -0.610. The van der Waals surface area contributed by atoms with Gasteiger partial charge in [0.2, 0.25) is 0 Å². The highest BCUT2D eigenvalue weighted by molar-refractivity contribution is 5.72. The van der Waals surface area contributed by atoms with Crippen molar-refractivity contribution in [2.45, 2.75) is 38.7 Å². The topological polar surface area (TPSA) is 55.8 Å². The lowest BCUT2D eigenvalue weighted by molar-refractivity contribution is -0.159. The zero-order valence-corrected chi connectivity index (χ0v) is 8.28. The first kappa shape index (κ1) is 12.4. The summed E-state index contributed by atoms with van der Waals surface area (Å²) in [6.07, 6.45) is 2.85. The number of hydrogen-bond donors (Lipinski definition) is 1. The van der Waals surface area contributed by atoms with Gasteiger partial charge in [-0.25, -0.2) is 4.79 Å². The average molecular weight is 190 g/mol.